The third kappa shape index (κ3) is 3.06. The van der Waals surface area contributed by atoms with Gasteiger partial charge in [0, 0.05) is 51.6 Å². The van der Waals surface area contributed by atoms with E-state index in [4.69, 9.17) is 9.26 Å². The number of nitrogens with zero attached hydrogens (tertiary/aromatic N) is 5. The van der Waals surface area contributed by atoms with E-state index in [0.29, 0.717) is 57.1 Å². The lowest BCUT2D eigenvalue weighted by atomic mass is 9.83. The van der Waals surface area contributed by atoms with Crippen molar-refractivity contribution in [3.05, 3.63) is 41.7 Å². The summed E-state index contributed by atoms with van der Waals surface area (Å²) in [6.45, 7) is 4.25. The van der Waals surface area contributed by atoms with Gasteiger partial charge < -0.3 is 19.1 Å². The van der Waals surface area contributed by atoms with Gasteiger partial charge in [-0.25, -0.2) is 14.2 Å². The number of fused-ring (bicyclic) bond motifs is 2. The Bertz CT molecular complexity index is 970. The van der Waals surface area contributed by atoms with Crippen molar-refractivity contribution in [3.63, 3.8) is 0 Å². The van der Waals surface area contributed by atoms with E-state index in [1.807, 2.05) is 0 Å². The zero-order valence-corrected chi connectivity index (χ0v) is 16.6. The first-order valence-electron chi connectivity index (χ1n) is 10.0. The number of rotatable bonds is 2. The predicted octanol–water partition coefficient (Wildman–Crippen LogP) is 1.83. The van der Waals surface area contributed by atoms with Crippen LogP contribution in [0.4, 0.5) is 15.0 Å². The summed E-state index contributed by atoms with van der Waals surface area (Å²) in [7, 11) is 0. The molecule has 3 aliphatic heterocycles. The van der Waals surface area contributed by atoms with Crippen molar-refractivity contribution in [2.75, 3.05) is 37.6 Å². The van der Waals surface area contributed by atoms with Gasteiger partial charge in [-0.1, -0.05) is 5.16 Å². The Hall–Kier alpha value is -3.17. The molecule has 3 saturated heterocycles. The van der Waals surface area contributed by atoms with Crippen molar-refractivity contribution >= 4 is 17.8 Å². The summed E-state index contributed by atoms with van der Waals surface area (Å²) in [4.78, 5) is 35.0. The molecule has 0 bridgehead atoms. The van der Waals surface area contributed by atoms with E-state index in [2.05, 4.69) is 15.0 Å². The molecule has 9 nitrogen and oxygen atoms in total. The maximum absolute atomic E-state index is 13.2. The first-order valence-corrected chi connectivity index (χ1v) is 10.0. The molecule has 1 unspecified atom stereocenters. The highest BCUT2D eigenvalue weighted by molar-refractivity contribution is 5.92. The number of piperazine rings is 1. The summed E-state index contributed by atoms with van der Waals surface area (Å²) >= 11 is 0. The second-order valence-corrected chi connectivity index (χ2v) is 8.04. The molecule has 30 heavy (non-hydrogen) atoms. The van der Waals surface area contributed by atoms with Crippen LogP contribution in [0.2, 0.25) is 0 Å². The lowest BCUT2D eigenvalue weighted by Crippen LogP contribution is -2.61. The average molecular weight is 415 g/mol. The van der Waals surface area contributed by atoms with Crippen LogP contribution in [-0.4, -0.2) is 76.3 Å². The van der Waals surface area contributed by atoms with Crippen molar-refractivity contribution in [2.45, 2.75) is 31.4 Å². The molecule has 158 valence electrons. The van der Waals surface area contributed by atoms with E-state index in [9.17, 15) is 14.0 Å². The maximum Gasteiger partial charge on any atom is 0.410 e. The number of aryl methyl sites for hydroxylation is 1. The molecule has 3 aliphatic rings. The fourth-order valence-corrected chi connectivity index (χ4v) is 4.67. The lowest BCUT2D eigenvalue weighted by molar-refractivity contribution is -0.00335. The largest absolute Gasteiger partial charge is 0.440 e. The van der Waals surface area contributed by atoms with Crippen LogP contribution in [0.3, 0.4) is 0 Å². The molecule has 5 rings (SSSR count). The molecule has 0 radical (unpaired) electrons. The lowest BCUT2D eigenvalue weighted by Gasteiger charge is -2.45. The molecule has 1 atom stereocenters. The predicted molar refractivity (Wildman–Crippen MR) is 102 cm³/mol. The second kappa shape index (κ2) is 6.96. The number of pyridine rings is 1. The topological polar surface area (TPSA) is 92.0 Å². The highest BCUT2D eigenvalue weighted by Gasteiger charge is 2.57. The number of halogens is 1. The number of hydrogen-bond donors (Lipinski definition) is 0. The number of carbonyl (C=O) groups is 2. The summed E-state index contributed by atoms with van der Waals surface area (Å²) in [5.41, 5.74) is -0.371. The molecule has 3 fully saturated rings. The number of amides is 2. The van der Waals surface area contributed by atoms with E-state index < -0.39 is 5.60 Å². The van der Waals surface area contributed by atoms with Crippen LogP contribution < -0.4 is 4.90 Å². The Morgan fingerprint density at radius 1 is 1.23 bits per heavy atom. The molecular formula is C20H22FN5O4. The van der Waals surface area contributed by atoms with Gasteiger partial charge in [-0.2, -0.15) is 0 Å². The molecular weight excluding hydrogens is 393 g/mol. The van der Waals surface area contributed by atoms with Gasteiger partial charge in [0.25, 0.3) is 5.91 Å². The van der Waals surface area contributed by atoms with Crippen molar-refractivity contribution in [1.29, 1.82) is 0 Å². The number of hydrogen-bond acceptors (Lipinski definition) is 7. The number of carbonyl (C=O) groups excluding carboxylic acids is 2. The quantitative estimate of drug-likeness (QED) is 0.739. The molecule has 1 spiro atoms. The highest BCUT2D eigenvalue weighted by atomic mass is 19.1. The number of aromatic nitrogens is 2. The molecule has 0 aliphatic carbocycles. The number of ether oxygens (including phenoxy) is 1. The van der Waals surface area contributed by atoms with Crippen LogP contribution >= 0.6 is 0 Å². The fraction of sp³-hybridized carbons (Fsp3) is 0.500. The van der Waals surface area contributed by atoms with Crippen LogP contribution in [0.25, 0.3) is 0 Å². The standard InChI is InChI=1S/C20H22FN5O4/c1-13-10-15(23-30-13)18(27)25-8-9-26-16(12-25)20(29-19(26)28)4-6-24(7-5-20)17-3-2-14(21)11-22-17/h2-3,10-11,16H,4-9,12H2,1H3. The van der Waals surface area contributed by atoms with Crippen molar-refractivity contribution in [3.8, 4) is 0 Å². The van der Waals surface area contributed by atoms with Crippen LogP contribution in [0.15, 0.2) is 28.9 Å². The van der Waals surface area contributed by atoms with E-state index in [-0.39, 0.29) is 29.6 Å². The summed E-state index contributed by atoms with van der Waals surface area (Å²) in [5, 5.41) is 3.83. The Balaban J connectivity index is 1.32. The van der Waals surface area contributed by atoms with Gasteiger partial charge >= 0.3 is 6.09 Å². The minimum atomic E-state index is -0.647. The Morgan fingerprint density at radius 2 is 2.03 bits per heavy atom. The Kier molecular flexibility index (Phi) is 4.37. The molecule has 2 amide bonds. The molecule has 2 aromatic rings. The zero-order chi connectivity index (χ0) is 20.9. The van der Waals surface area contributed by atoms with E-state index >= 15 is 0 Å². The molecule has 2 aromatic heterocycles. The molecule has 0 aromatic carbocycles. The third-order valence-electron chi connectivity index (χ3n) is 6.29. The van der Waals surface area contributed by atoms with Gasteiger partial charge in [-0.05, 0) is 19.1 Å². The molecule has 0 N–H and O–H groups in total. The summed E-state index contributed by atoms with van der Waals surface area (Å²) in [6.07, 6.45) is 2.11. The third-order valence-corrected chi connectivity index (χ3v) is 6.29. The summed E-state index contributed by atoms with van der Waals surface area (Å²) in [5.74, 6) is 0.708. The van der Waals surface area contributed by atoms with Gasteiger partial charge in [-0.15, -0.1) is 0 Å². The summed E-state index contributed by atoms with van der Waals surface area (Å²) in [6, 6.07) is 4.45. The van der Waals surface area contributed by atoms with Gasteiger partial charge in [0.05, 0.1) is 12.2 Å². The van der Waals surface area contributed by atoms with Gasteiger partial charge in [0.1, 0.15) is 23.0 Å². The Morgan fingerprint density at radius 3 is 2.70 bits per heavy atom. The van der Waals surface area contributed by atoms with E-state index in [0.717, 1.165) is 0 Å². The molecule has 0 saturated carbocycles. The van der Waals surface area contributed by atoms with Crippen molar-refractivity contribution in [1.82, 2.24) is 19.9 Å². The maximum atomic E-state index is 13.2. The second-order valence-electron chi connectivity index (χ2n) is 8.04. The van der Waals surface area contributed by atoms with Gasteiger partial charge in [0.2, 0.25) is 0 Å². The first kappa shape index (κ1) is 18.8. The smallest absolute Gasteiger partial charge is 0.410 e. The SMILES string of the molecule is Cc1cc(C(=O)N2CCN3C(=O)OC4(CCN(c5ccc(F)cn5)CC4)C3C2)no1. The zero-order valence-electron chi connectivity index (χ0n) is 16.6. The minimum absolute atomic E-state index is 0.200. The van der Waals surface area contributed by atoms with Crippen LogP contribution in [-0.2, 0) is 4.74 Å². The minimum Gasteiger partial charge on any atom is -0.440 e. The van der Waals surface area contributed by atoms with Crippen molar-refractivity contribution < 1.29 is 23.2 Å². The first-order chi connectivity index (χ1) is 14.4. The monoisotopic (exact) mass is 415 g/mol. The molecule has 5 heterocycles. The normalized spacial score (nSPS) is 22.9. The average Bonchev–Trinajstić information content (AvgIpc) is 3.30. The van der Waals surface area contributed by atoms with Gasteiger partial charge in [0.15, 0.2) is 5.69 Å². The van der Waals surface area contributed by atoms with Crippen LogP contribution in [0.5, 0.6) is 0 Å². The summed E-state index contributed by atoms with van der Waals surface area (Å²) < 4.78 is 24.1. The number of piperidine rings is 1. The van der Waals surface area contributed by atoms with Gasteiger partial charge in [-0.3, -0.25) is 9.69 Å². The fourth-order valence-electron chi connectivity index (χ4n) is 4.67. The molecule has 10 heteroatoms. The van der Waals surface area contributed by atoms with Crippen LogP contribution in [0.1, 0.15) is 29.1 Å². The highest BCUT2D eigenvalue weighted by Crippen LogP contribution is 2.41. The van der Waals surface area contributed by atoms with E-state index in [1.165, 1.54) is 12.3 Å². The number of anilines is 1. The van der Waals surface area contributed by atoms with E-state index in [1.54, 1.807) is 28.9 Å². The Labute approximate surface area is 172 Å². The van der Waals surface area contributed by atoms with Crippen LogP contribution in [0, 0.1) is 12.7 Å². The van der Waals surface area contributed by atoms with Crippen molar-refractivity contribution in [2.24, 2.45) is 0 Å².